The smallest absolute Gasteiger partial charge is 0.305 e. The first-order valence-corrected chi connectivity index (χ1v) is 9.22. The molecule has 0 aliphatic heterocycles. The summed E-state index contributed by atoms with van der Waals surface area (Å²) in [7, 11) is 1.61. The van der Waals surface area contributed by atoms with E-state index in [9.17, 15) is 9.59 Å². The topological polar surface area (TPSA) is 61.8 Å². The van der Waals surface area contributed by atoms with Crippen LogP contribution in [0.25, 0.3) is 11.2 Å². The summed E-state index contributed by atoms with van der Waals surface area (Å²) in [6.45, 7) is 6.71. The van der Waals surface area contributed by atoms with Gasteiger partial charge in [0.2, 0.25) is 5.28 Å². The Morgan fingerprint density at radius 1 is 1.19 bits per heavy atom. The number of halogens is 1. The predicted molar refractivity (Wildman–Crippen MR) is 109 cm³/mol. The van der Waals surface area contributed by atoms with Gasteiger partial charge >= 0.3 is 5.69 Å². The molecule has 0 N–H and O–H groups in total. The summed E-state index contributed by atoms with van der Waals surface area (Å²) in [6.07, 6.45) is 2.57. The number of rotatable bonds is 5. The van der Waals surface area contributed by atoms with Gasteiger partial charge in [0, 0.05) is 20.1 Å². The molecule has 3 rings (SSSR count). The number of imidazole rings is 1. The Balaban J connectivity index is 2.12. The molecule has 1 aromatic carbocycles. The third-order valence-corrected chi connectivity index (χ3v) is 5.02. The van der Waals surface area contributed by atoms with Crippen molar-refractivity contribution in [3.05, 3.63) is 73.2 Å². The zero-order chi connectivity index (χ0) is 19.7. The average molecular weight is 387 g/mol. The van der Waals surface area contributed by atoms with E-state index in [1.165, 1.54) is 9.13 Å². The Kier molecular flexibility index (Phi) is 5.37. The number of hydrogen-bond donors (Lipinski definition) is 0. The van der Waals surface area contributed by atoms with Crippen LogP contribution in [0.1, 0.15) is 25.0 Å². The van der Waals surface area contributed by atoms with Gasteiger partial charge in [-0.2, -0.15) is 4.98 Å². The van der Waals surface area contributed by atoms with Crippen molar-refractivity contribution in [2.75, 3.05) is 0 Å². The van der Waals surface area contributed by atoms with Crippen LogP contribution in [0.2, 0.25) is 5.28 Å². The second kappa shape index (κ2) is 7.56. The standard InChI is InChI=1S/C20H23ClN4O2/c1-13(2)9-11-24-16-17(22-19(24)21)23(4)20(27)25(18(16)26)12-10-15-8-6-5-7-14(15)3/h5-9H,10-12H2,1-4H3. The third-order valence-electron chi connectivity index (χ3n) is 4.73. The highest BCUT2D eigenvalue weighted by atomic mass is 35.5. The quantitative estimate of drug-likeness (QED) is 0.500. The highest BCUT2D eigenvalue weighted by Gasteiger charge is 2.19. The largest absolute Gasteiger partial charge is 0.332 e. The molecular formula is C20H23ClN4O2. The average Bonchev–Trinajstić information content (AvgIpc) is 2.96. The summed E-state index contributed by atoms with van der Waals surface area (Å²) in [4.78, 5) is 30.0. The Morgan fingerprint density at radius 2 is 1.89 bits per heavy atom. The molecule has 2 heterocycles. The molecule has 0 fully saturated rings. The third kappa shape index (κ3) is 3.62. The SMILES string of the molecule is CC(C)=CCn1c(Cl)nc2c1c(=O)n(CCc1ccccc1C)c(=O)n2C. The van der Waals surface area contributed by atoms with Crippen molar-refractivity contribution in [1.29, 1.82) is 0 Å². The number of benzene rings is 1. The lowest BCUT2D eigenvalue weighted by Crippen LogP contribution is -2.40. The first-order valence-electron chi connectivity index (χ1n) is 8.84. The maximum atomic E-state index is 13.1. The molecule has 27 heavy (non-hydrogen) atoms. The minimum Gasteiger partial charge on any atom is -0.305 e. The van der Waals surface area contributed by atoms with Crippen LogP contribution in [-0.2, 0) is 26.6 Å². The molecule has 0 aliphatic carbocycles. The maximum Gasteiger partial charge on any atom is 0.332 e. The number of hydrogen-bond acceptors (Lipinski definition) is 3. The number of aromatic nitrogens is 4. The van der Waals surface area contributed by atoms with Crippen LogP contribution in [0.15, 0.2) is 45.5 Å². The molecule has 3 aromatic rings. The Morgan fingerprint density at radius 3 is 2.56 bits per heavy atom. The van der Waals surface area contributed by atoms with Crippen molar-refractivity contribution < 1.29 is 0 Å². The van der Waals surface area contributed by atoms with Crippen molar-refractivity contribution in [1.82, 2.24) is 18.7 Å². The van der Waals surface area contributed by atoms with Gasteiger partial charge in [-0.3, -0.25) is 13.9 Å². The van der Waals surface area contributed by atoms with Gasteiger partial charge in [-0.15, -0.1) is 0 Å². The fourth-order valence-electron chi connectivity index (χ4n) is 3.11. The summed E-state index contributed by atoms with van der Waals surface area (Å²) in [6, 6.07) is 7.97. The number of fused-ring (bicyclic) bond motifs is 1. The monoisotopic (exact) mass is 386 g/mol. The molecule has 0 saturated heterocycles. The molecule has 7 heteroatoms. The molecule has 0 spiro atoms. The van der Waals surface area contributed by atoms with Gasteiger partial charge in [0.15, 0.2) is 11.2 Å². The molecule has 0 unspecified atom stereocenters. The van der Waals surface area contributed by atoms with E-state index >= 15 is 0 Å². The van der Waals surface area contributed by atoms with E-state index in [1.54, 1.807) is 11.6 Å². The molecule has 142 valence electrons. The van der Waals surface area contributed by atoms with Crippen molar-refractivity contribution >= 4 is 22.8 Å². The zero-order valence-corrected chi connectivity index (χ0v) is 16.7. The van der Waals surface area contributed by atoms with Crippen LogP contribution < -0.4 is 11.2 Å². The summed E-state index contributed by atoms with van der Waals surface area (Å²) >= 11 is 6.25. The van der Waals surface area contributed by atoms with Crippen LogP contribution in [-0.4, -0.2) is 18.7 Å². The lowest BCUT2D eigenvalue weighted by molar-refractivity contribution is 0.599. The summed E-state index contributed by atoms with van der Waals surface area (Å²) in [5.74, 6) is 0. The summed E-state index contributed by atoms with van der Waals surface area (Å²) in [5.41, 5.74) is 3.28. The zero-order valence-electron chi connectivity index (χ0n) is 16.0. The van der Waals surface area contributed by atoms with Crippen LogP contribution in [0, 0.1) is 6.92 Å². The molecule has 0 atom stereocenters. The van der Waals surface area contributed by atoms with E-state index in [0.29, 0.717) is 30.7 Å². The lowest BCUT2D eigenvalue weighted by Gasteiger charge is -2.10. The van der Waals surface area contributed by atoms with E-state index in [4.69, 9.17) is 11.6 Å². The van der Waals surface area contributed by atoms with Gasteiger partial charge in [0.25, 0.3) is 5.56 Å². The van der Waals surface area contributed by atoms with E-state index in [2.05, 4.69) is 4.98 Å². The highest BCUT2D eigenvalue weighted by molar-refractivity contribution is 6.29. The molecule has 0 radical (unpaired) electrons. The molecule has 6 nitrogen and oxygen atoms in total. The Labute approximate surface area is 162 Å². The Hall–Kier alpha value is -2.60. The summed E-state index contributed by atoms with van der Waals surface area (Å²) in [5, 5.41) is 0.200. The van der Waals surface area contributed by atoms with Crippen molar-refractivity contribution in [2.24, 2.45) is 7.05 Å². The van der Waals surface area contributed by atoms with Crippen LogP contribution in [0.3, 0.4) is 0 Å². The molecule has 0 saturated carbocycles. The van der Waals surface area contributed by atoms with Gasteiger partial charge < -0.3 is 4.57 Å². The van der Waals surface area contributed by atoms with Crippen molar-refractivity contribution in [3.63, 3.8) is 0 Å². The minimum absolute atomic E-state index is 0.200. The molecule has 2 aromatic heterocycles. The van der Waals surface area contributed by atoms with E-state index in [-0.39, 0.29) is 16.5 Å². The Bertz CT molecular complexity index is 1150. The number of aryl methyl sites for hydroxylation is 3. The number of nitrogens with zero attached hydrogens (tertiary/aromatic N) is 4. The fourth-order valence-corrected chi connectivity index (χ4v) is 3.34. The van der Waals surface area contributed by atoms with Gasteiger partial charge in [-0.05, 0) is 49.9 Å². The molecular weight excluding hydrogens is 364 g/mol. The first kappa shape index (κ1) is 19.2. The van der Waals surface area contributed by atoms with Gasteiger partial charge in [0.1, 0.15) is 0 Å². The lowest BCUT2D eigenvalue weighted by atomic mass is 10.1. The van der Waals surface area contributed by atoms with Gasteiger partial charge in [-0.1, -0.05) is 35.9 Å². The second-order valence-electron chi connectivity index (χ2n) is 6.92. The van der Waals surface area contributed by atoms with E-state index < -0.39 is 0 Å². The first-order chi connectivity index (χ1) is 12.8. The summed E-state index contributed by atoms with van der Waals surface area (Å²) < 4.78 is 4.31. The molecule has 0 aliphatic rings. The van der Waals surface area contributed by atoms with E-state index in [0.717, 1.165) is 16.7 Å². The molecule has 0 bridgehead atoms. The predicted octanol–water partition coefficient (Wildman–Crippen LogP) is 3.07. The fraction of sp³-hybridized carbons (Fsp3) is 0.350. The van der Waals surface area contributed by atoms with Crippen LogP contribution >= 0.6 is 11.6 Å². The van der Waals surface area contributed by atoms with Crippen molar-refractivity contribution in [2.45, 2.75) is 40.3 Å². The molecule has 0 amide bonds. The maximum absolute atomic E-state index is 13.1. The van der Waals surface area contributed by atoms with Crippen LogP contribution in [0.4, 0.5) is 0 Å². The van der Waals surface area contributed by atoms with Gasteiger partial charge in [0.05, 0.1) is 0 Å². The second-order valence-corrected chi connectivity index (χ2v) is 7.26. The van der Waals surface area contributed by atoms with Crippen molar-refractivity contribution in [3.8, 4) is 0 Å². The normalized spacial score (nSPS) is 11.1. The minimum atomic E-state index is -0.385. The van der Waals surface area contributed by atoms with Gasteiger partial charge in [-0.25, -0.2) is 4.79 Å². The van der Waals surface area contributed by atoms with E-state index in [1.807, 2.05) is 51.1 Å². The number of allylic oxidation sites excluding steroid dienone is 2. The highest BCUT2D eigenvalue weighted by Crippen LogP contribution is 2.16. The van der Waals surface area contributed by atoms with Crippen LogP contribution in [0.5, 0.6) is 0 Å².